The summed E-state index contributed by atoms with van der Waals surface area (Å²) in [5.74, 6) is -0.116. The number of rotatable bonds is 7. The lowest BCUT2D eigenvalue weighted by molar-refractivity contribution is -0.129. The lowest BCUT2D eigenvalue weighted by Gasteiger charge is -2.17. The molecule has 1 aliphatic rings. The molecule has 0 aliphatic carbocycles. The van der Waals surface area contributed by atoms with Gasteiger partial charge in [0.15, 0.2) is 0 Å². The number of anilines is 1. The number of sulfonamides is 1. The average molecular weight is 449 g/mol. The van der Waals surface area contributed by atoms with Crippen molar-refractivity contribution in [2.75, 3.05) is 32.6 Å². The van der Waals surface area contributed by atoms with E-state index in [1.807, 2.05) is 4.72 Å². The number of urea groups is 1. The van der Waals surface area contributed by atoms with Crippen LogP contribution in [0.4, 0.5) is 10.7 Å². The van der Waals surface area contributed by atoms with Crippen LogP contribution in [0.2, 0.25) is 0 Å². The average Bonchev–Trinajstić information content (AvgIpc) is 3.28. The first kappa shape index (κ1) is 22.3. The summed E-state index contributed by atoms with van der Waals surface area (Å²) in [5.41, 5.74) is 0.305. The first-order valence-corrected chi connectivity index (χ1v) is 11.0. The van der Waals surface area contributed by atoms with Crippen LogP contribution < -0.4 is 19.5 Å². The first-order valence-electron chi connectivity index (χ1n) is 9.49. The van der Waals surface area contributed by atoms with Crippen LogP contribution in [0.5, 0.6) is 11.8 Å². The summed E-state index contributed by atoms with van der Waals surface area (Å²) in [6.07, 6.45) is 1.80. The van der Waals surface area contributed by atoms with Crippen LogP contribution in [0.25, 0.3) is 0 Å². The van der Waals surface area contributed by atoms with Crippen LogP contribution in [0.1, 0.15) is 18.4 Å². The van der Waals surface area contributed by atoms with Gasteiger partial charge in [0, 0.05) is 13.1 Å². The van der Waals surface area contributed by atoms with Crippen molar-refractivity contribution < 1.29 is 27.5 Å². The van der Waals surface area contributed by atoms with E-state index in [0.717, 1.165) is 12.8 Å². The molecule has 0 saturated carbocycles. The summed E-state index contributed by atoms with van der Waals surface area (Å²) >= 11 is 0. The Hall–Kier alpha value is -3.41. The maximum atomic E-state index is 12.8. The Labute approximate surface area is 179 Å². The Morgan fingerprint density at radius 2 is 1.68 bits per heavy atom. The number of ether oxygens (including phenoxy) is 2. The lowest BCUT2D eigenvalue weighted by atomic mass is 10.1. The number of carbonyl (C=O) groups excluding carboxylic acids is 2. The van der Waals surface area contributed by atoms with E-state index in [-0.39, 0.29) is 34.9 Å². The minimum atomic E-state index is -4.26. The Balaban J connectivity index is 1.75. The molecule has 12 heteroatoms. The van der Waals surface area contributed by atoms with Crippen LogP contribution in [0, 0.1) is 0 Å². The van der Waals surface area contributed by atoms with Gasteiger partial charge in [0.1, 0.15) is 0 Å². The van der Waals surface area contributed by atoms with Gasteiger partial charge in [-0.15, -0.1) is 0 Å². The van der Waals surface area contributed by atoms with E-state index < -0.39 is 16.1 Å². The molecule has 0 unspecified atom stereocenters. The third-order valence-electron chi connectivity index (χ3n) is 4.61. The highest BCUT2D eigenvalue weighted by atomic mass is 32.2. The monoisotopic (exact) mass is 449 g/mol. The van der Waals surface area contributed by atoms with E-state index in [9.17, 15) is 18.0 Å². The smallest absolute Gasteiger partial charge is 0.335 e. The number of likely N-dealkylation sites (tertiary alicyclic amines) is 1. The summed E-state index contributed by atoms with van der Waals surface area (Å²) < 4.78 is 37.5. The third kappa shape index (κ3) is 5.60. The Bertz CT molecular complexity index is 1050. The fourth-order valence-electron chi connectivity index (χ4n) is 3.13. The molecule has 1 aromatic carbocycles. The highest BCUT2D eigenvalue weighted by molar-refractivity contribution is 7.90. The third-order valence-corrected chi connectivity index (χ3v) is 6.04. The highest BCUT2D eigenvalue weighted by Gasteiger charge is 2.25. The number of nitrogens with zero attached hydrogens (tertiary/aromatic N) is 3. The molecular weight excluding hydrogens is 426 g/mol. The van der Waals surface area contributed by atoms with Gasteiger partial charge in [-0.2, -0.15) is 9.97 Å². The molecule has 1 fully saturated rings. The Morgan fingerprint density at radius 1 is 1.06 bits per heavy atom. The second-order valence-electron chi connectivity index (χ2n) is 6.71. The molecule has 3 amide bonds. The molecule has 166 valence electrons. The molecular formula is C19H23N5O6S. The maximum Gasteiger partial charge on any atom is 0.335 e. The summed E-state index contributed by atoms with van der Waals surface area (Å²) in [5, 5.41) is 2.24. The number of amides is 3. The van der Waals surface area contributed by atoms with E-state index in [0.29, 0.717) is 18.7 Å². The van der Waals surface area contributed by atoms with E-state index >= 15 is 0 Å². The van der Waals surface area contributed by atoms with Gasteiger partial charge in [0.2, 0.25) is 23.6 Å². The predicted molar refractivity (Wildman–Crippen MR) is 110 cm³/mol. The number of nitrogens with one attached hydrogen (secondary N) is 2. The summed E-state index contributed by atoms with van der Waals surface area (Å²) in [6.45, 7) is 1.33. The Kier molecular flexibility index (Phi) is 6.90. The fourth-order valence-corrected chi connectivity index (χ4v) is 4.27. The van der Waals surface area contributed by atoms with Gasteiger partial charge >= 0.3 is 6.03 Å². The van der Waals surface area contributed by atoms with E-state index in [1.54, 1.807) is 17.0 Å². The topological polar surface area (TPSA) is 140 Å². The van der Waals surface area contributed by atoms with Gasteiger partial charge in [-0.25, -0.2) is 17.9 Å². The van der Waals surface area contributed by atoms with E-state index in [1.165, 1.54) is 32.4 Å². The number of methoxy groups -OCH3 is 2. The van der Waals surface area contributed by atoms with Gasteiger partial charge in [0.25, 0.3) is 10.0 Å². The minimum Gasteiger partial charge on any atom is -0.481 e. The molecule has 31 heavy (non-hydrogen) atoms. The molecule has 2 aromatic rings. The van der Waals surface area contributed by atoms with Crippen molar-refractivity contribution >= 4 is 27.9 Å². The number of aromatic nitrogens is 2. The van der Waals surface area contributed by atoms with Crippen molar-refractivity contribution in [3.63, 3.8) is 0 Å². The van der Waals surface area contributed by atoms with Crippen molar-refractivity contribution in [2.45, 2.75) is 24.2 Å². The summed E-state index contributed by atoms with van der Waals surface area (Å²) in [4.78, 5) is 34.2. The summed E-state index contributed by atoms with van der Waals surface area (Å²) in [7, 11) is -1.52. The van der Waals surface area contributed by atoms with Crippen LogP contribution in [0.15, 0.2) is 35.2 Å². The van der Waals surface area contributed by atoms with Crippen molar-refractivity contribution in [3.8, 4) is 11.8 Å². The normalized spacial score (nSPS) is 13.5. The SMILES string of the molecule is COc1cc(OC)nc(NC(=O)NS(=O)(=O)c2ccccc2CC(=O)N2CCCC2)n1. The van der Waals surface area contributed by atoms with Crippen LogP contribution in [0.3, 0.4) is 0 Å². The zero-order valence-corrected chi connectivity index (χ0v) is 17.9. The van der Waals surface area contributed by atoms with Crippen molar-refractivity contribution in [1.29, 1.82) is 0 Å². The standard InChI is InChI=1S/C19H23N5O6S/c1-29-15-12-16(30-2)21-18(20-15)22-19(26)23-31(27,28)14-8-4-3-7-13(14)11-17(25)24-9-5-6-10-24/h3-4,7-8,12H,5-6,9-11H2,1-2H3,(H2,20,21,22,23,26). The Morgan fingerprint density at radius 3 is 2.29 bits per heavy atom. The van der Waals surface area contributed by atoms with Crippen molar-refractivity contribution in [3.05, 3.63) is 35.9 Å². The first-order chi connectivity index (χ1) is 14.8. The fraction of sp³-hybridized carbons (Fsp3) is 0.368. The molecule has 0 atom stereocenters. The number of carbonyl (C=O) groups is 2. The molecule has 2 N–H and O–H groups in total. The molecule has 0 spiro atoms. The molecule has 1 saturated heterocycles. The number of benzene rings is 1. The van der Waals surface area contributed by atoms with Crippen LogP contribution in [-0.4, -0.2) is 62.5 Å². The van der Waals surface area contributed by atoms with Gasteiger partial charge in [-0.3, -0.25) is 10.1 Å². The largest absolute Gasteiger partial charge is 0.481 e. The van der Waals surface area contributed by atoms with Gasteiger partial charge in [-0.05, 0) is 24.5 Å². The lowest BCUT2D eigenvalue weighted by Crippen LogP contribution is -2.36. The van der Waals surface area contributed by atoms with E-state index in [4.69, 9.17) is 9.47 Å². The van der Waals surface area contributed by atoms with Crippen molar-refractivity contribution in [2.24, 2.45) is 0 Å². The highest BCUT2D eigenvalue weighted by Crippen LogP contribution is 2.20. The molecule has 0 bridgehead atoms. The number of hydrogen-bond acceptors (Lipinski definition) is 8. The molecule has 11 nitrogen and oxygen atoms in total. The second kappa shape index (κ2) is 9.60. The minimum absolute atomic E-state index is 0.0745. The summed E-state index contributed by atoms with van der Waals surface area (Å²) in [6, 6.07) is 6.38. The molecule has 2 heterocycles. The maximum absolute atomic E-state index is 12.8. The quantitative estimate of drug-likeness (QED) is 0.642. The molecule has 0 radical (unpaired) electrons. The van der Waals surface area contributed by atoms with Gasteiger partial charge in [-0.1, -0.05) is 18.2 Å². The van der Waals surface area contributed by atoms with Crippen molar-refractivity contribution in [1.82, 2.24) is 19.6 Å². The molecule has 1 aromatic heterocycles. The van der Waals surface area contributed by atoms with E-state index in [2.05, 4.69) is 15.3 Å². The predicted octanol–water partition coefficient (Wildman–Crippen LogP) is 1.17. The van der Waals surface area contributed by atoms with Gasteiger partial charge in [0.05, 0.1) is 31.6 Å². The van der Waals surface area contributed by atoms with Crippen LogP contribution >= 0.6 is 0 Å². The molecule has 3 rings (SSSR count). The zero-order valence-electron chi connectivity index (χ0n) is 17.1. The zero-order chi connectivity index (χ0) is 22.4. The second-order valence-corrected chi connectivity index (χ2v) is 8.36. The molecule has 1 aliphatic heterocycles. The van der Waals surface area contributed by atoms with Crippen LogP contribution in [-0.2, 0) is 21.2 Å². The van der Waals surface area contributed by atoms with Gasteiger partial charge < -0.3 is 14.4 Å². The number of hydrogen-bond donors (Lipinski definition) is 2.